The van der Waals surface area contributed by atoms with Gasteiger partial charge in [-0.25, -0.2) is 0 Å². The van der Waals surface area contributed by atoms with Crippen LogP contribution < -0.4 is 5.32 Å². The minimum atomic E-state index is -0.0721. The Hall–Kier alpha value is -2.80. The zero-order valence-corrected chi connectivity index (χ0v) is 13.8. The minimum absolute atomic E-state index is 0.0721. The van der Waals surface area contributed by atoms with E-state index in [0.29, 0.717) is 30.5 Å². The van der Waals surface area contributed by atoms with Crippen LogP contribution in [-0.4, -0.2) is 24.9 Å². The molecular weight excluding hydrogens is 304 g/mol. The Balaban J connectivity index is 1.64. The summed E-state index contributed by atoms with van der Waals surface area (Å²) in [7, 11) is 0. The molecule has 24 heavy (non-hydrogen) atoms. The highest BCUT2D eigenvalue weighted by molar-refractivity contribution is 5.47. The monoisotopic (exact) mass is 324 g/mol. The molecule has 1 N–H and O–H groups in total. The van der Waals surface area contributed by atoms with Crippen LogP contribution in [0.4, 0.5) is 0 Å². The molecule has 0 unspecified atom stereocenters. The van der Waals surface area contributed by atoms with Gasteiger partial charge in [-0.3, -0.25) is 9.67 Å². The highest BCUT2D eigenvalue weighted by Crippen LogP contribution is 2.17. The van der Waals surface area contributed by atoms with E-state index in [0.717, 1.165) is 11.3 Å². The zero-order valence-electron chi connectivity index (χ0n) is 13.8. The Morgan fingerprint density at radius 2 is 2.29 bits per heavy atom. The molecule has 0 radical (unpaired) electrons. The lowest BCUT2D eigenvalue weighted by molar-refractivity contribution is 0.339. The van der Waals surface area contributed by atoms with Crippen molar-refractivity contribution in [3.8, 4) is 11.5 Å². The number of nitrogens with zero attached hydrogens (tertiary/aromatic N) is 5. The summed E-state index contributed by atoms with van der Waals surface area (Å²) in [5.74, 6) is 1.03. The van der Waals surface area contributed by atoms with Gasteiger partial charge in [0.25, 0.3) is 0 Å². The predicted molar refractivity (Wildman–Crippen MR) is 89.9 cm³/mol. The second-order valence-corrected chi connectivity index (χ2v) is 5.52. The fraction of sp³-hybridized carbons (Fsp3) is 0.294. The van der Waals surface area contributed by atoms with E-state index >= 15 is 0 Å². The maximum absolute atomic E-state index is 5.35. The van der Waals surface area contributed by atoms with Crippen LogP contribution in [0, 0.1) is 6.92 Å². The summed E-state index contributed by atoms with van der Waals surface area (Å²) in [6.45, 7) is 9.08. The molecule has 3 heterocycles. The van der Waals surface area contributed by atoms with Crippen molar-refractivity contribution in [3.63, 3.8) is 0 Å². The molecule has 0 aliphatic rings. The van der Waals surface area contributed by atoms with Crippen molar-refractivity contribution in [3.05, 3.63) is 60.4 Å². The largest absolute Gasteiger partial charge is 0.337 e. The van der Waals surface area contributed by atoms with Crippen molar-refractivity contribution in [2.24, 2.45) is 0 Å². The molecule has 3 aromatic heterocycles. The number of aromatic nitrogens is 5. The maximum atomic E-state index is 5.35. The molecule has 1 atom stereocenters. The number of allylic oxidation sites excluding steroid dienone is 1. The molecule has 0 amide bonds. The maximum Gasteiger partial charge on any atom is 0.243 e. The topological polar surface area (TPSA) is 81.7 Å². The van der Waals surface area contributed by atoms with Crippen LogP contribution in [0.25, 0.3) is 11.5 Å². The first-order valence-electron chi connectivity index (χ1n) is 7.79. The summed E-state index contributed by atoms with van der Waals surface area (Å²) in [5, 5.41) is 11.8. The van der Waals surface area contributed by atoms with Gasteiger partial charge in [0.1, 0.15) is 5.69 Å². The van der Waals surface area contributed by atoms with Gasteiger partial charge in [-0.05, 0) is 26.0 Å². The van der Waals surface area contributed by atoms with Gasteiger partial charge in [0.15, 0.2) is 0 Å². The highest BCUT2D eigenvalue weighted by atomic mass is 16.5. The predicted octanol–water partition coefficient (Wildman–Crippen LogP) is 2.67. The Labute approximate surface area is 140 Å². The number of nitrogens with one attached hydrogen (secondary N) is 1. The van der Waals surface area contributed by atoms with Crippen LogP contribution in [0.2, 0.25) is 0 Å². The first-order valence-corrected chi connectivity index (χ1v) is 7.79. The molecule has 0 aliphatic carbocycles. The van der Waals surface area contributed by atoms with Gasteiger partial charge in [0.05, 0.1) is 18.3 Å². The third kappa shape index (κ3) is 3.57. The summed E-state index contributed by atoms with van der Waals surface area (Å²) in [4.78, 5) is 8.64. The van der Waals surface area contributed by atoms with Crippen molar-refractivity contribution >= 4 is 0 Å². The Bertz CT molecular complexity index is 808. The van der Waals surface area contributed by atoms with Gasteiger partial charge in [-0.1, -0.05) is 17.3 Å². The van der Waals surface area contributed by atoms with E-state index in [1.807, 2.05) is 49.0 Å². The van der Waals surface area contributed by atoms with Gasteiger partial charge in [-0.15, -0.1) is 6.58 Å². The van der Waals surface area contributed by atoms with Crippen molar-refractivity contribution in [1.82, 2.24) is 30.2 Å². The van der Waals surface area contributed by atoms with E-state index in [1.54, 1.807) is 6.20 Å². The molecule has 3 rings (SSSR count). The molecule has 0 saturated carbocycles. The van der Waals surface area contributed by atoms with Crippen LogP contribution in [0.5, 0.6) is 0 Å². The average Bonchev–Trinajstić information content (AvgIpc) is 3.21. The zero-order chi connectivity index (χ0) is 16.9. The summed E-state index contributed by atoms with van der Waals surface area (Å²) in [5.41, 5.74) is 2.82. The Morgan fingerprint density at radius 3 is 3.04 bits per heavy atom. The molecule has 124 valence electrons. The lowest BCUT2D eigenvalue weighted by Crippen LogP contribution is -2.18. The second kappa shape index (κ2) is 7.18. The molecule has 0 fully saturated rings. The van der Waals surface area contributed by atoms with Crippen LogP contribution in [0.3, 0.4) is 0 Å². The first kappa shape index (κ1) is 16.1. The van der Waals surface area contributed by atoms with Crippen LogP contribution in [0.15, 0.2) is 47.8 Å². The molecule has 7 heteroatoms. The standard InChI is InChI=1S/C17H20N6O/c1-4-9-23-11-14(12(2)21-23)10-19-13(3)17-20-16(22-24-17)15-7-5-6-8-18-15/h4-8,11,13,19H,1,9-10H2,2-3H3/t13-/m0/s1. The normalized spacial score (nSPS) is 12.2. The minimum Gasteiger partial charge on any atom is -0.337 e. The van der Waals surface area contributed by atoms with Crippen molar-refractivity contribution < 1.29 is 4.52 Å². The average molecular weight is 324 g/mol. The quantitative estimate of drug-likeness (QED) is 0.673. The molecule has 0 spiro atoms. The van der Waals surface area contributed by atoms with Crippen LogP contribution in [-0.2, 0) is 13.1 Å². The smallest absolute Gasteiger partial charge is 0.243 e. The molecule has 0 aromatic carbocycles. The second-order valence-electron chi connectivity index (χ2n) is 5.52. The van der Waals surface area contributed by atoms with E-state index in [2.05, 4.69) is 32.1 Å². The number of aryl methyl sites for hydroxylation is 1. The Morgan fingerprint density at radius 1 is 1.42 bits per heavy atom. The molecule has 0 aliphatic heterocycles. The van der Waals surface area contributed by atoms with Crippen molar-refractivity contribution in [2.75, 3.05) is 0 Å². The number of hydrogen-bond donors (Lipinski definition) is 1. The molecule has 0 bridgehead atoms. The lowest BCUT2D eigenvalue weighted by Gasteiger charge is -2.08. The third-order valence-corrected chi connectivity index (χ3v) is 3.67. The van der Waals surface area contributed by atoms with Crippen LogP contribution in [0.1, 0.15) is 30.1 Å². The molecule has 0 saturated heterocycles. The lowest BCUT2D eigenvalue weighted by atomic mass is 10.2. The highest BCUT2D eigenvalue weighted by Gasteiger charge is 2.16. The summed E-state index contributed by atoms with van der Waals surface area (Å²) >= 11 is 0. The van der Waals surface area contributed by atoms with Crippen molar-refractivity contribution in [1.29, 1.82) is 0 Å². The fourth-order valence-electron chi connectivity index (χ4n) is 2.32. The van der Waals surface area contributed by atoms with E-state index < -0.39 is 0 Å². The van der Waals surface area contributed by atoms with Gasteiger partial charge in [0, 0.05) is 24.5 Å². The molecule has 7 nitrogen and oxygen atoms in total. The van der Waals surface area contributed by atoms with E-state index in [-0.39, 0.29) is 6.04 Å². The van der Waals surface area contributed by atoms with Gasteiger partial charge >= 0.3 is 0 Å². The number of pyridine rings is 1. The summed E-state index contributed by atoms with van der Waals surface area (Å²) in [6.07, 6.45) is 5.55. The summed E-state index contributed by atoms with van der Waals surface area (Å²) < 4.78 is 7.22. The van der Waals surface area contributed by atoms with Crippen LogP contribution >= 0.6 is 0 Å². The Kier molecular flexibility index (Phi) is 4.81. The molecular formula is C17H20N6O. The van der Waals surface area contributed by atoms with E-state index in [4.69, 9.17) is 4.52 Å². The summed E-state index contributed by atoms with van der Waals surface area (Å²) in [6, 6.07) is 5.52. The van der Waals surface area contributed by atoms with Gasteiger partial charge in [-0.2, -0.15) is 10.1 Å². The SMILES string of the molecule is C=CCn1cc(CN[C@@H](C)c2nc(-c3ccccn3)no2)c(C)n1. The number of hydrogen-bond acceptors (Lipinski definition) is 6. The third-order valence-electron chi connectivity index (χ3n) is 3.67. The van der Waals surface area contributed by atoms with Gasteiger partial charge in [0.2, 0.25) is 11.7 Å². The van der Waals surface area contributed by atoms with E-state index in [1.165, 1.54) is 0 Å². The first-order chi connectivity index (χ1) is 11.7. The molecule has 3 aromatic rings. The fourth-order valence-corrected chi connectivity index (χ4v) is 2.32. The number of rotatable bonds is 7. The van der Waals surface area contributed by atoms with E-state index in [9.17, 15) is 0 Å². The van der Waals surface area contributed by atoms with Crippen molar-refractivity contribution in [2.45, 2.75) is 33.0 Å². The van der Waals surface area contributed by atoms with Gasteiger partial charge < -0.3 is 9.84 Å².